The van der Waals surface area contributed by atoms with Gasteiger partial charge in [0, 0.05) is 22.2 Å². The lowest BCUT2D eigenvalue weighted by atomic mass is 9.48. The molecule has 0 spiro atoms. The van der Waals surface area contributed by atoms with Crippen LogP contribution in [0, 0.1) is 24.2 Å². The first-order valence-electron chi connectivity index (χ1n) is 13.6. The first-order chi connectivity index (χ1) is 18.4. The molecule has 4 aromatic carbocycles. The van der Waals surface area contributed by atoms with Crippen molar-refractivity contribution in [3.05, 3.63) is 143 Å². The van der Waals surface area contributed by atoms with Crippen LogP contribution in [0.15, 0.2) is 109 Å². The van der Waals surface area contributed by atoms with Crippen molar-refractivity contribution in [2.75, 3.05) is 0 Å². The summed E-state index contributed by atoms with van der Waals surface area (Å²) in [6.45, 7) is 6.52. The van der Waals surface area contributed by atoms with Gasteiger partial charge in [0.05, 0.1) is 5.92 Å². The van der Waals surface area contributed by atoms with E-state index in [2.05, 4.69) is 87.5 Å². The molecule has 2 fully saturated rings. The van der Waals surface area contributed by atoms with Gasteiger partial charge in [0.15, 0.2) is 0 Å². The number of rotatable bonds is 3. The summed E-state index contributed by atoms with van der Waals surface area (Å²) in [7, 11) is 0. The molecule has 2 nitrogen and oxygen atoms in total. The van der Waals surface area contributed by atoms with E-state index in [4.69, 9.17) is 0 Å². The van der Waals surface area contributed by atoms with E-state index < -0.39 is 27.8 Å². The number of fused-ring (bicyclic) bond motifs is 3. The summed E-state index contributed by atoms with van der Waals surface area (Å²) in [6.07, 6.45) is 0. The molecule has 1 N–H and O–H groups in total. The molecule has 38 heavy (non-hydrogen) atoms. The molecule has 2 heteroatoms. The summed E-state index contributed by atoms with van der Waals surface area (Å²) in [5.41, 5.74) is 5.32. The zero-order chi connectivity index (χ0) is 26.1. The Morgan fingerprint density at radius 3 is 1.92 bits per heavy atom. The van der Waals surface area contributed by atoms with Gasteiger partial charge in [0.2, 0.25) is 0 Å². The third-order valence-corrected chi connectivity index (χ3v) is 10.9. The molecular weight excluding hydrogens is 464 g/mol. The summed E-state index contributed by atoms with van der Waals surface area (Å²) in [5.74, 6) is -0.469. The minimum absolute atomic E-state index is 0.268. The van der Waals surface area contributed by atoms with Crippen molar-refractivity contribution in [1.29, 1.82) is 0 Å². The average molecular weight is 495 g/mol. The Morgan fingerprint density at radius 1 is 0.711 bits per heavy atom. The van der Waals surface area contributed by atoms with Crippen LogP contribution in [0.3, 0.4) is 0 Å². The number of benzene rings is 4. The van der Waals surface area contributed by atoms with E-state index in [1.165, 1.54) is 5.56 Å². The van der Waals surface area contributed by atoms with Crippen molar-refractivity contribution in [2.45, 2.75) is 37.2 Å². The normalized spacial score (nSPS) is 35.7. The van der Waals surface area contributed by atoms with Crippen LogP contribution in [-0.4, -0.2) is 16.5 Å². The molecule has 6 atom stereocenters. The molecule has 4 bridgehead atoms. The van der Waals surface area contributed by atoms with Gasteiger partial charge in [-0.3, -0.25) is 4.79 Å². The predicted molar refractivity (Wildman–Crippen MR) is 150 cm³/mol. The maximum absolute atomic E-state index is 15.0. The van der Waals surface area contributed by atoms with Crippen molar-refractivity contribution in [1.82, 2.24) is 0 Å². The Hall–Kier alpha value is -3.75. The third-order valence-electron chi connectivity index (χ3n) is 10.9. The summed E-state index contributed by atoms with van der Waals surface area (Å²) in [6, 6.07) is 37.6. The lowest BCUT2D eigenvalue weighted by Gasteiger charge is -2.56. The van der Waals surface area contributed by atoms with Crippen LogP contribution >= 0.6 is 0 Å². The Bertz CT molecular complexity index is 1690. The number of aryl methyl sites for hydroxylation is 1. The summed E-state index contributed by atoms with van der Waals surface area (Å²) < 4.78 is 0. The average Bonchev–Trinajstić information content (AvgIpc) is 3.51. The summed E-state index contributed by atoms with van der Waals surface area (Å²) in [4.78, 5) is 15.0. The Morgan fingerprint density at radius 2 is 1.29 bits per heavy atom. The van der Waals surface area contributed by atoms with Crippen LogP contribution < -0.4 is 0 Å². The van der Waals surface area contributed by atoms with E-state index in [0.29, 0.717) is 0 Å². The van der Waals surface area contributed by atoms with Crippen molar-refractivity contribution in [3.63, 3.8) is 0 Å². The summed E-state index contributed by atoms with van der Waals surface area (Å²) >= 11 is 0. The second kappa shape index (κ2) is 6.81. The van der Waals surface area contributed by atoms with E-state index in [1.807, 2.05) is 42.5 Å². The molecule has 186 valence electrons. The molecule has 4 aliphatic carbocycles. The monoisotopic (exact) mass is 494 g/mol. The highest BCUT2D eigenvalue weighted by molar-refractivity contribution is 6.17. The van der Waals surface area contributed by atoms with Gasteiger partial charge >= 0.3 is 0 Å². The molecule has 0 aliphatic heterocycles. The zero-order valence-electron chi connectivity index (χ0n) is 21.9. The second-order valence-corrected chi connectivity index (χ2v) is 12.1. The fourth-order valence-electron chi connectivity index (χ4n) is 9.77. The number of hydrogen-bond donors (Lipinski definition) is 1. The zero-order valence-corrected chi connectivity index (χ0v) is 21.9. The Kier molecular flexibility index (Phi) is 3.99. The van der Waals surface area contributed by atoms with E-state index >= 15 is 4.79 Å². The molecular formula is C36H30O2. The van der Waals surface area contributed by atoms with Gasteiger partial charge in [-0.05, 0) is 51.5 Å². The molecule has 4 aliphatic rings. The lowest BCUT2D eigenvalue weighted by molar-refractivity contribution is -0.139. The number of allylic oxidation sites excluding steroid dienone is 1. The van der Waals surface area contributed by atoms with Crippen LogP contribution in [0.2, 0.25) is 0 Å². The highest BCUT2D eigenvalue weighted by atomic mass is 16.3. The molecule has 0 unspecified atom stereocenters. The van der Waals surface area contributed by atoms with E-state index in [9.17, 15) is 5.11 Å². The van der Waals surface area contributed by atoms with Crippen molar-refractivity contribution >= 4 is 16.9 Å². The van der Waals surface area contributed by atoms with Crippen LogP contribution in [-0.2, 0) is 15.6 Å². The fraction of sp³-hybridized carbons (Fsp3) is 0.250. The van der Waals surface area contributed by atoms with Gasteiger partial charge in [-0.25, -0.2) is 0 Å². The maximum Gasteiger partial charge on any atom is 0.146 e. The van der Waals surface area contributed by atoms with Crippen molar-refractivity contribution < 1.29 is 9.90 Å². The molecule has 0 amide bonds. The number of aliphatic hydroxyl groups is 1. The molecule has 8 rings (SSSR count). The van der Waals surface area contributed by atoms with E-state index in [0.717, 1.165) is 39.0 Å². The largest absolute Gasteiger partial charge is 0.384 e. The first kappa shape index (κ1) is 22.3. The predicted octanol–water partition coefficient (Wildman–Crippen LogP) is 6.74. The van der Waals surface area contributed by atoms with Crippen LogP contribution in [0.4, 0.5) is 0 Å². The van der Waals surface area contributed by atoms with Gasteiger partial charge in [-0.1, -0.05) is 123 Å². The number of hydrogen-bond acceptors (Lipinski definition) is 2. The molecule has 4 aromatic rings. The Balaban J connectivity index is 1.59. The Labute approximate surface area is 223 Å². The standard InChI is InChI=1S/C36H30O2/c1-22-14-13-21-26-28(22)33(2)30-27(23-15-7-4-8-16-23)29(24-17-9-5-10-18-24)36(33,38)34(3)32(31(30)37)35(26,34)25-19-11-6-12-20-25/h4-21,30,32,38H,1-3H3/t30-,32-,33-,34+,35-,36+/m0/s1. The molecule has 2 saturated carbocycles. The fourth-order valence-corrected chi connectivity index (χ4v) is 9.77. The van der Waals surface area contributed by atoms with Gasteiger partial charge in [-0.2, -0.15) is 0 Å². The highest BCUT2D eigenvalue weighted by Crippen LogP contribution is 2.90. The number of ketones is 1. The van der Waals surface area contributed by atoms with Crippen LogP contribution in [0.25, 0.3) is 11.1 Å². The van der Waals surface area contributed by atoms with Gasteiger partial charge in [0.25, 0.3) is 0 Å². The summed E-state index contributed by atoms with van der Waals surface area (Å²) in [5, 5.41) is 13.7. The molecule has 0 aromatic heterocycles. The quantitative estimate of drug-likeness (QED) is 0.342. The van der Waals surface area contributed by atoms with E-state index in [-0.39, 0.29) is 11.7 Å². The first-order valence-corrected chi connectivity index (χ1v) is 13.6. The van der Waals surface area contributed by atoms with Crippen LogP contribution in [0.5, 0.6) is 0 Å². The minimum Gasteiger partial charge on any atom is -0.384 e. The number of carbonyl (C=O) groups is 1. The van der Waals surface area contributed by atoms with Gasteiger partial charge in [0.1, 0.15) is 11.4 Å². The lowest BCUT2D eigenvalue weighted by Crippen LogP contribution is -2.64. The third kappa shape index (κ3) is 2.01. The maximum atomic E-state index is 15.0. The molecule has 0 radical (unpaired) electrons. The number of carbonyl (C=O) groups excluding carboxylic acids is 1. The smallest absolute Gasteiger partial charge is 0.146 e. The molecule has 0 heterocycles. The van der Waals surface area contributed by atoms with Crippen molar-refractivity contribution in [3.8, 4) is 0 Å². The van der Waals surface area contributed by atoms with Gasteiger partial charge in [-0.15, -0.1) is 0 Å². The SMILES string of the molecule is Cc1cccc2c1[C@@]1(C)[C@@H]3C(=O)[C@@H]4[C@@]2(c2ccccc2)[C@]4(C)[C@@]1(O)C(c1ccccc1)=C3c1ccccc1. The topological polar surface area (TPSA) is 37.3 Å². The minimum atomic E-state index is -1.25. The number of Topliss-reactive ketones (excluding diaryl/α,β-unsaturated/α-hetero) is 1. The second-order valence-electron chi connectivity index (χ2n) is 12.1. The van der Waals surface area contributed by atoms with Crippen molar-refractivity contribution in [2.24, 2.45) is 17.3 Å². The van der Waals surface area contributed by atoms with E-state index in [1.54, 1.807) is 0 Å². The van der Waals surface area contributed by atoms with Gasteiger partial charge < -0.3 is 5.11 Å². The van der Waals surface area contributed by atoms with Crippen LogP contribution in [0.1, 0.15) is 47.2 Å². The molecule has 0 saturated heterocycles. The highest BCUT2D eigenvalue weighted by Gasteiger charge is 2.95.